The number of nitrogens with zero attached hydrogens (tertiary/aromatic N) is 2. The van der Waals surface area contributed by atoms with Crippen molar-refractivity contribution in [2.45, 2.75) is 29.7 Å². The van der Waals surface area contributed by atoms with Gasteiger partial charge in [0.15, 0.2) is 0 Å². The number of anilines is 1. The lowest BCUT2D eigenvalue weighted by molar-refractivity contribution is 0.414. The van der Waals surface area contributed by atoms with Crippen molar-refractivity contribution in [3.05, 3.63) is 53.0 Å². The molecule has 0 N–H and O–H groups in total. The highest BCUT2D eigenvalue weighted by atomic mass is 79.9. The van der Waals surface area contributed by atoms with Gasteiger partial charge in [0.25, 0.3) is 0 Å². The molecule has 0 aliphatic carbocycles. The second-order valence-corrected chi connectivity index (χ2v) is 10.3. The number of hydrogen-bond donors (Lipinski definition) is 0. The first-order chi connectivity index (χ1) is 14.4. The number of ether oxygens (including phenoxy) is 1. The zero-order valence-electron chi connectivity index (χ0n) is 16.8. The molecule has 1 saturated heterocycles. The predicted octanol–water partition coefficient (Wildman–Crippen LogP) is 5.18. The zero-order chi connectivity index (χ0) is 21.3. The largest absolute Gasteiger partial charge is 0.497 e. The molecular formula is C22H23BrN2O4S. The van der Waals surface area contributed by atoms with E-state index >= 15 is 0 Å². The first-order valence-corrected chi connectivity index (χ1v) is 12.1. The van der Waals surface area contributed by atoms with Crippen LogP contribution in [0.3, 0.4) is 0 Å². The Labute approximate surface area is 184 Å². The van der Waals surface area contributed by atoms with Gasteiger partial charge in [0.05, 0.1) is 12.0 Å². The van der Waals surface area contributed by atoms with Crippen molar-refractivity contribution in [3.63, 3.8) is 0 Å². The molecule has 0 amide bonds. The number of aromatic nitrogens is 1. The Balaban J connectivity index is 1.81. The van der Waals surface area contributed by atoms with Crippen LogP contribution in [-0.2, 0) is 9.84 Å². The molecule has 1 aliphatic rings. The van der Waals surface area contributed by atoms with Crippen molar-refractivity contribution in [1.29, 1.82) is 0 Å². The maximum Gasteiger partial charge on any atom is 0.236 e. The molecule has 1 aliphatic heterocycles. The second kappa shape index (κ2) is 8.43. The molecule has 8 heteroatoms. The van der Waals surface area contributed by atoms with Gasteiger partial charge in [-0.1, -0.05) is 28.9 Å². The monoisotopic (exact) mass is 490 g/mol. The minimum Gasteiger partial charge on any atom is -0.497 e. The van der Waals surface area contributed by atoms with Crippen LogP contribution < -0.4 is 9.64 Å². The van der Waals surface area contributed by atoms with E-state index in [4.69, 9.17) is 9.15 Å². The van der Waals surface area contributed by atoms with E-state index in [1.807, 2.05) is 29.2 Å². The van der Waals surface area contributed by atoms with Crippen LogP contribution in [0, 0.1) is 5.92 Å². The molecule has 2 heterocycles. The second-order valence-electron chi connectivity index (χ2n) is 7.49. The van der Waals surface area contributed by atoms with Gasteiger partial charge in [-0.25, -0.2) is 8.42 Å². The van der Waals surface area contributed by atoms with E-state index in [0.717, 1.165) is 30.4 Å². The fourth-order valence-electron chi connectivity index (χ4n) is 3.50. The minimum atomic E-state index is -3.87. The number of methoxy groups -OCH3 is 1. The lowest BCUT2D eigenvalue weighted by atomic mass is 9.99. The quantitative estimate of drug-likeness (QED) is 0.490. The van der Waals surface area contributed by atoms with Crippen LogP contribution in [0.5, 0.6) is 5.75 Å². The molecular weight excluding hydrogens is 468 g/mol. The van der Waals surface area contributed by atoms with Crippen molar-refractivity contribution in [3.8, 4) is 17.2 Å². The molecule has 6 nitrogen and oxygen atoms in total. The summed E-state index contributed by atoms with van der Waals surface area (Å²) in [6.45, 7) is 3.68. The number of halogens is 1. The van der Waals surface area contributed by atoms with Crippen molar-refractivity contribution in [2.75, 3.05) is 25.1 Å². The first-order valence-electron chi connectivity index (χ1n) is 9.79. The summed E-state index contributed by atoms with van der Waals surface area (Å²) in [6.07, 6.45) is 1.96. The SMILES string of the molecule is COc1ccc(S(=O)(=O)c2nc(-c3cccc(Br)c3)oc2N2CCC(C)CC2)cc1. The average molecular weight is 491 g/mol. The summed E-state index contributed by atoms with van der Waals surface area (Å²) in [6, 6.07) is 13.8. The highest BCUT2D eigenvalue weighted by molar-refractivity contribution is 9.10. The summed E-state index contributed by atoms with van der Waals surface area (Å²) in [5.41, 5.74) is 0.715. The molecule has 30 heavy (non-hydrogen) atoms. The van der Waals surface area contributed by atoms with E-state index in [-0.39, 0.29) is 15.8 Å². The van der Waals surface area contributed by atoms with Crippen molar-refractivity contribution in [1.82, 2.24) is 4.98 Å². The van der Waals surface area contributed by atoms with Gasteiger partial charge in [-0.3, -0.25) is 0 Å². The predicted molar refractivity (Wildman–Crippen MR) is 119 cm³/mol. The molecule has 4 rings (SSSR count). The number of sulfone groups is 1. The molecule has 0 atom stereocenters. The van der Waals surface area contributed by atoms with Crippen LogP contribution in [0.2, 0.25) is 0 Å². The highest BCUT2D eigenvalue weighted by Gasteiger charge is 2.32. The van der Waals surface area contributed by atoms with E-state index in [9.17, 15) is 8.42 Å². The summed E-state index contributed by atoms with van der Waals surface area (Å²) in [7, 11) is -2.33. The highest BCUT2D eigenvalue weighted by Crippen LogP contribution is 2.37. The van der Waals surface area contributed by atoms with Crippen molar-refractivity contribution >= 4 is 31.7 Å². The number of oxazole rings is 1. The van der Waals surface area contributed by atoms with Crippen LogP contribution in [0.4, 0.5) is 5.88 Å². The third-order valence-electron chi connectivity index (χ3n) is 5.35. The fourth-order valence-corrected chi connectivity index (χ4v) is 5.22. The molecule has 2 aromatic carbocycles. The van der Waals surface area contributed by atoms with Crippen LogP contribution in [-0.4, -0.2) is 33.6 Å². The Hall–Kier alpha value is -2.32. The molecule has 0 radical (unpaired) electrons. The van der Waals surface area contributed by atoms with Crippen molar-refractivity contribution in [2.24, 2.45) is 5.92 Å². The van der Waals surface area contributed by atoms with Gasteiger partial charge in [-0.2, -0.15) is 4.98 Å². The number of benzene rings is 2. The van der Waals surface area contributed by atoms with Gasteiger partial charge in [0.2, 0.25) is 26.6 Å². The summed E-state index contributed by atoms with van der Waals surface area (Å²) < 4.78 is 39.0. The normalized spacial score (nSPS) is 15.4. The van der Waals surface area contributed by atoms with E-state index < -0.39 is 9.84 Å². The van der Waals surface area contributed by atoms with Gasteiger partial charge < -0.3 is 14.1 Å². The lowest BCUT2D eigenvalue weighted by Crippen LogP contribution is -2.33. The molecule has 1 aromatic heterocycles. The molecule has 3 aromatic rings. The van der Waals surface area contributed by atoms with E-state index in [0.29, 0.717) is 23.1 Å². The molecule has 0 bridgehead atoms. The average Bonchev–Trinajstić information content (AvgIpc) is 3.21. The Morgan fingerprint density at radius 2 is 1.83 bits per heavy atom. The van der Waals surface area contributed by atoms with Crippen LogP contribution in [0.1, 0.15) is 19.8 Å². The third-order valence-corrected chi connectivity index (χ3v) is 7.51. The maximum absolute atomic E-state index is 13.5. The lowest BCUT2D eigenvalue weighted by Gasteiger charge is -2.30. The van der Waals surface area contributed by atoms with Crippen LogP contribution in [0.15, 0.2) is 67.3 Å². The zero-order valence-corrected chi connectivity index (χ0v) is 19.2. The smallest absolute Gasteiger partial charge is 0.236 e. The Kier molecular flexibility index (Phi) is 5.88. The van der Waals surface area contributed by atoms with Gasteiger partial charge in [-0.15, -0.1) is 0 Å². The molecule has 0 saturated carbocycles. The molecule has 0 unspecified atom stereocenters. The molecule has 1 fully saturated rings. The van der Waals surface area contributed by atoms with Gasteiger partial charge in [0.1, 0.15) is 5.75 Å². The molecule has 158 valence electrons. The number of hydrogen-bond acceptors (Lipinski definition) is 6. The van der Waals surface area contributed by atoms with Crippen LogP contribution >= 0.6 is 15.9 Å². The summed E-state index contributed by atoms with van der Waals surface area (Å²) in [4.78, 5) is 6.61. The van der Waals surface area contributed by atoms with Crippen LogP contribution in [0.25, 0.3) is 11.5 Å². The summed E-state index contributed by atoms with van der Waals surface area (Å²) >= 11 is 3.45. The Morgan fingerprint density at radius 1 is 1.13 bits per heavy atom. The van der Waals surface area contributed by atoms with E-state index in [1.54, 1.807) is 19.2 Å². The fraction of sp³-hybridized carbons (Fsp3) is 0.318. The summed E-state index contributed by atoms with van der Waals surface area (Å²) in [5, 5.41) is -0.0443. The number of piperidine rings is 1. The van der Waals surface area contributed by atoms with Gasteiger partial charge >= 0.3 is 0 Å². The maximum atomic E-state index is 13.5. The third kappa shape index (κ3) is 4.11. The van der Waals surface area contributed by atoms with Crippen molar-refractivity contribution < 1.29 is 17.6 Å². The first kappa shape index (κ1) is 20.9. The van der Waals surface area contributed by atoms with Gasteiger partial charge in [0, 0.05) is 23.1 Å². The summed E-state index contributed by atoms with van der Waals surface area (Å²) in [5.74, 6) is 1.80. The standard InChI is InChI=1S/C22H23BrN2O4S/c1-15-10-12-25(13-11-15)22-21(24-20(29-22)16-4-3-5-17(23)14-16)30(26,27)19-8-6-18(28-2)7-9-19/h3-9,14-15H,10-13H2,1-2H3. The Morgan fingerprint density at radius 3 is 2.47 bits per heavy atom. The Bertz CT molecular complexity index is 1130. The van der Waals surface area contributed by atoms with E-state index in [1.165, 1.54) is 12.1 Å². The topological polar surface area (TPSA) is 72.6 Å². The minimum absolute atomic E-state index is 0.0443. The van der Waals surface area contributed by atoms with E-state index in [2.05, 4.69) is 27.8 Å². The molecule has 0 spiro atoms. The number of rotatable bonds is 5. The van der Waals surface area contributed by atoms with Gasteiger partial charge in [-0.05, 0) is 61.2 Å².